The van der Waals surface area contributed by atoms with Gasteiger partial charge in [0.2, 0.25) is 0 Å². The molecule has 30 heavy (non-hydrogen) atoms. The Kier molecular flexibility index (Phi) is 6.99. The first-order valence-electron chi connectivity index (χ1n) is 10.6. The van der Waals surface area contributed by atoms with Crippen molar-refractivity contribution >= 4 is 34.0 Å². The molecule has 2 aliphatic rings. The summed E-state index contributed by atoms with van der Waals surface area (Å²) in [6.45, 7) is 8.06. The van der Waals surface area contributed by atoms with Crippen LogP contribution >= 0.6 is 11.3 Å². The molecule has 0 unspecified atom stereocenters. The zero-order valence-electron chi connectivity index (χ0n) is 17.2. The second kappa shape index (κ2) is 10.1. The van der Waals surface area contributed by atoms with Crippen LogP contribution in [0.5, 0.6) is 0 Å². The molecule has 0 aliphatic carbocycles. The molecule has 3 heterocycles. The first-order chi connectivity index (χ1) is 14.7. The van der Waals surface area contributed by atoms with Gasteiger partial charge >= 0.3 is 6.03 Å². The van der Waals surface area contributed by atoms with Crippen LogP contribution in [0.25, 0.3) is 0 Å². The van der Waals surface area contributed by atoms with E-state index in [1.807, 2.05) is 35.2 Å². The summed E-state index contributed by atoms with van der Waals surface area (Å²) in [4.78, 5) is 32.6. The second-order valence-corrected chi connectivity index (χ2v) is 8.88. The third kappa shape index (κ3) is 5.59. The highest BCUT2D eigenvalue weighted by Crippen LogP contribution is 2.24. The molecule has 160 valence electrons. The molecule has 2 saturated heterocycles. The number of carbonyl (C=O) groups excluding carboxylic acids is 2. The molecule has 1 aromatic heterocycles. The maximum absolute atomic E-state index is 12.8. The highest BCUT2D eigenvalue weighted by molar-refractivity contribution is 7.18. The molecule has 0 bridgehead atoms. The smallest absolute Gasteiger partial charge is 0.324 e. The minimum Gasteiger partial charge on any atom is -0.335 e. The summed E-state index contributed by atoms with van der Waals surface area (Å²) >= 11 is 1.32. The first-order valence-corrected chi connectivity index (χ1v) is 11.5. The van der Waals surface area contributed by atoms with Gasteiger partial charge in [-0.3, -0.25) is 15.0 Å². The minimum atomic E-state index is -0.311. The highest BCUT2D eigenvalue weighted by atomic mass is 32.1. The van der Waals surface area contributed by atoms with Crippen molar-refractivity contribution in [3.05, 3.63) is 47.3 Å². The number of hydrogen-bond acceptors (Lipinski definition) is 5. The molecule has 2 aliphatic heterocycles. The number of para-hydroxylation sites is 1. The second-order valence-electron chi connectivity index (χ2n) is 7.79. The number of anilines is 2. The largest absolute Gasteiger partial charge is 0.335 e. The van der Waals surface area contributed by atoms with Gasteiger partial charge in [0.15, 0.2) is 0 Å². The van der Waals surface area contributed by atoms with Crippen LogP contribution in [0.1, 0.15) is 22.5 Å². The lowest BCUT2D eigenvalue weighted by atomic mass is 10.3. The number of urea groups is 1. The van der Waals surface area contributed by atoms with E-state index in [1.54, 1.807) is 12.1 Å². The molecule has 4 rings (SSSR count). The van der Waals surface area contributed by atoms with Gasteiger partial charge in [-0.25, -0.2) is 4.79 Å². The van der Waals surface area contributed by atoms with Crippen molar-refractivity contribution in [2.24, 2.45) is 0 Å². The van der Waals surface area contributed by atoms with Gasteiger partial charge in [-0.2, -0.15) is 0 Å². The molecule has 7 nitrogen and oxygen atoms in total. The topological polar surface area (TPSA) is 67.9 Å². The van der Waals surface area contributed by atoms with Crippen molar-refractivity contribution in [1.29, 1.82) is 0 Å². The molecule has 8 heteroatoms. The lowest BCUT2D eigenvalue weighted by Gasteiger charge is -2.35. The first kappa shape index (κ1) is 20.8. The van der Waals surface area contributed by atoms with Gasteiger partial charge in [0.25, 0.3) is 5.91 Å². The fourth-order valence-electron chi connectivity index (χ4n) is 3.94. The van der Waals surface area contributed by atoms with Gasteiger partial charge in [-0.05, 0) is 50.2 Å². The van der Waals surface area contributed by atoms with Crippen LogP contribution in [0, 0.1) is 0 Å². The van der Waals surface area contributed by atoms with E-state index in [0.717, 1.165) is 45.0 Å². The van der Waals surface area contributed by atoms with Crippen LogP contribution in [-0.4, -0.2) is 79.0 Å². The van der Waals surface area contributed by atoms with E-state index in [2.05, 4.69) is 20.4 Å². The number of hydrogen-bond donors (Lipinski definition) is 2. The van der Waals surface area contributed by atoms with Crippen LogP contribution in [0.3, 0.4) is 0 Å². The number of benzene rings is 1. The summed E-state index contributed by atoms with van der Waals surface area (Å²) in [5.74, 6) is 0.0516. The quantitative estimate of drug-likeness (QED) is 0.743. The van der Waals surface area contributed by atoms with Crippen LogP contribution in [-0.2, 0) is 0 Å². The summed E-state index contributed by atoms with van der Waals surface area (Å²) in [6.07, 6.45) is 2.65. The molecule has 0 saturated carbocycles. The Morgan fingerprint density at radius 1 is 0.800 bits per heavy atom. The summed E-state index contributed by atoms with van der Waals surface area (Å²) in [5.41, 5.74) is 0.727. The number of carbonyl (C=O) groups is 2. The molecule has 2 aromatic rings. The lowest BCUT2D eigenvalue weighted by Crippen LogP contribution is -2.50. The van der Waals surface area contributed by atoms with Crippen LogP contribution in [0.15, 0.2) is 42.5 Å². The summed E-state index contributed by atoms with van der Waals surface area (Å²) in [6, 6.07) is 12.6. The minimum absolute atomic E-state index is 0.0516. The van der Waals surface area contributed by atoms with E-state index >= 15 is 0 Å². The molecule has 2 N–H and O–H groups in total. The number of nitrogens with zero attached hydrogens (tertiary/aromatic N) is 3. The summed E-state index contributed by atoms with van der Waals surface area (Å²) < 4.78 is 0. The maximum Gasteiger partial charge on any atom is 0.324 e. The molecule has 3 amide bonds. The van der Waals surface area contributed by atoms with Gasteiger partial charge in [-0.15, -0.1) is 11.3 Å². The average Bonchev–Trinajstić information content (AvgIpc) is 3.45. The Bertz CT molecular complexity index is 842. The molecule has 0 spiro atoms. The molecular weight excluding hydrogens is 398 g/mol. The normalized spacial score (nSPS) is 17.8. The van der Waals surface area contributed by atoms with Gasteiger partial charge < -0.3 is 15.1 Å². The van der Waals surface area contributed by atoms with Crippen LogP contribution in [0.4, 0.5) is 15.5 Å². The number of amides is 3. The summed E-state index contributed by atoms with van der Waals surface area (Å²) in [7, 11) is 0. The van der Waals surface area contributed by atoms with E-state index in [0.29, 0.717) is 9.88 Å². The Hall–Kier alpha value is -2.42. The van der Waals surface area contributed by atoms with Crippen molar-refractivity contribution in [3.63, 3.8) is 0 Å². The van der Waals surface area contributed by atoms with Crippen molar-refractivity contribution in [2.45, 2.75) is 12.8 Å². The Labute approximate surface area is 181 Å². The SMILES string of the molecule is O=C(Nc1ccccc1)Nc1ccc(C(=O)N2CCN(CCN3CCCC3)CC2)s1. The summed E-state index contributed by atoms with van der Waals surface area (Å²) in [5, 5.41) is 6.25. The van der Waals surface area contributed by atoms with Gasteiger partial charge in [0, 0.05) is 45.0 Å². The van der Waals surface area contributed by atoms with Gasteiger partial charge in [-0.1, -0.05) is 18.2 Å². The van der Waals surface area contributed by atoms with E-state index in [-0.39, 0.29) is 11.9 Å². The molecule has 0 radical (unpaired) electrons. The van der Waals surface area contributed by atoms with E-state index in [4.69, 9.17) is 0 Å². The Morgan fingerprint density at radius 2 is 1.47 bits per heavy atom. The van der Waals surface area contributed by atoms with E-state index in [1.165, 1.54) is 37.3 Å². The van der Waals surface area contributed by atoms with E-state index in [9.17, 15) is 9.59 Å². The molecular formula is C22H29N5O2S. The third-order valence-electron chi connectivity index (χ3n) is 5.68. The Balaban J connectivity index is 1.22. The monoisotopic (exact) mass is 427 g/mol. The molecule has 0 atom stereocenters. The van der Waals surface area contributed by atoms with Crippen molar-refractivity contribution in [2.75, 3.05) is 63.0 Å². The number of thiophene rings is 1. The number of nitrogens with one attached hydrogen (secondary N) is 2. The number of rotatable bonds is 6. The predicted octanol–water partition coefficient (Wildman–Crippen LogP) is 3.25. The fraction of sp³-hybridized carbons (Fsp3) is 0.455. The van der Waals surface area contributed by atoms with Crippen LogP contribution in [0.2, 0.25) is 0 Å². The predicted molar refractivity (Wildman–Crippen MR) is 121 cm³/mol. The van der Waals surface area contributed by atoms with E-state index < -0.39 is 0 Å². The van der Waals surface area contributed by atoms with Crippen molar-refractivity contribution < 1.29 is 9.59 Å². The van der Waals surface area contributed by atoms with Gasteiger partial charge in [0.1, 0.15) is 0 Å². The zero-order chi connectivity index (χ0) is 20.8. The van der Waals surface area contributed by atoms with Gasteiger partial charge in [0.05, 0.1) is 9.88 Å². The highest BCUT2D eigenvalue weighted by Gasteiger charge is 2.24. The van der Waals surface area contributed by atoms with Crippen molar-refractivity contribution in [3.8, 4) is 0 Å². The number of likely N-dealkylation sites (tertiary alicyclic amines) is 1. The fourth-order valence-corrected chi connectivity index (χ4v) is 4.80. The molecule has 2 fully saturated rings. The van der Waals surface area contributed by atoms with Crippen molar-refractivity contribution in [1.82, 2.24) is 14.7 Å². The molecule has 1 aromatic carbocycles. The standard InChI is InChI=1S/C22H29N5O2S/c28-21(27-16-14-26(15-17-27)13-12-25-10-4-5-11-25)19-8-9-20(30-19)24-22(29)23-18-6-2-1-3-7-18/h1-3,6-9H,4-5,10-17H2,(H2,23,24,29). The third-order valence-corrected chi connectivity index (χ3v) is 6.66. The Morgan fingerprint density at radius 3 is 2.17 bits per heavy atom. The zero-order valence-corrected chi connectivity index (χ0v) is 18.0. The lowest BCUT2D eigenvalue weighted by molar-refractivity contribution is 0.0631. The number of piperazine rings is 1. The van der Waals surface area contributed by atoms with Crippen LogP contribution < -0.4 is 10.6 Å². The maximum atomic E-state index is 12.8. The average molecular weight is 428 g/mol.